The van der Waals surface area contributed by atoms with Crippen molar-refractivity contribution in [2.75, 3.05) is 7.11 Å². The van der Waals surface area contributed by atoms with Gasteiger partial charge in [0.25, 0.3) is 0 Å². The maximum Gasteiger partial charge on any atom is 0.330 e. The second-order valence-electron chi connectivity index (χ2n) is 6.66. The highest BCUT2D eigenvalue weighted by Gasteiger charge is 2.22. The summed E-state index contributed by atoms with van der Waals surface area (Å²) in [5.41, 5.74) is 1.37. The summed E-state index contributed by atoms with van der Waals surface area (Å²) in [6.07, 6.45) is 2.98. The minimum Gasteiger partial charge on any atom is -0.508 e. The van der Waals surface area contributed by atoms with Crippen molar-refractivity contribution in [2.24, 2.45) is 0 Å². The van der Waals surface area contributed by atoms with E-state index in [1.165, 1.54) is 24.5 Å². The van der Waals surface area contributed by atoms with Gasteiger partial charge in [-0.3, -0.25) is 4.79 Å². The van der Waals surface area contributed by atoms with Crippen LogP contribution in [0.25, 0.3) is 16.2 Å². The number of phenolic OH excluding ortho intramolecular Hbond substituents is 1. The molecule has 1 N–H and O–H groups in total. The number of methoxy groups -OCH3 is 1. The summed E-state index contributed by atoms with van der Waals surface area (Å²) in [4.78, 5) is 24.9. The van der Waals surface area contributed by atoms with Crippen LogP contribution in [0.1, 0.15) is 20.8 Å². The van der Waals surface area contributed by atoms with Gasteiger partial charge in [-0.2, -0.15) is 0 Å². The van der Waals surface area contributed by atoms with E-state index in [0.29, 0.717) is 21.9 Å². The molecule has 1 aromatic heterocycles. The van der Waals surface area contributed by atoms with Crippen molar-refractivity contribution in [1.29, 1.82) is 0 Å². The fourth-order valence-corrected chi connectivity index (χ4v) is 4.16. The molecule has 5 nitrogen and oxygen atoms in total. The first-order chi connectivity index (χ1) is 15.0. The Balaban J connectivity index is 1.70. The molecule has 0 amide bonds. The zero-order valence-corrected chi connectivity index (χ0v) is 17.4. The maximum absolute atomic E-state index is 13.2. The van der Waals surface area contributed by atoms with Crippen LogP contribution in [0.4, 0.5) is 0 Å². The Kier molecular flexibility index (Phi) is 5.82. The zero-order chi connectivity index (χ0) is 21.8. The minimum atomic E-state index is -0.433. The van der Waals surface area contributed by atoms with Crippen molar-refractivity contribution >= 4 is 39.3 Å². The standard InChI is InChI=1S/C25H18O5S/c1-29-22(27)14-9-16-7-11-19(12-8-16)30-24-20-13-10-18(26)15-21(20)31-25(24)23(28)17-5-3-2-4-6-17/h2-15,26H,1H3/b14-9+. The Morgan fingerprint density at radius 3 is 2.42 bits per heavy atom. The highest BCUT2D eigenvalue weighted by atomic mass is 32.1. The predicted octanol–water partition coefficient (Wildman–Crippen LogP) is 5.82. The summed E-state index contributed by atoms with van der Waals surface area (Å²) in [6.45, 7) is 0. The number of esters is 1. The third-order valence-electron chi connectivity index (χ3n) is 4.58. The summed E-state index contributed by atoms with van der Waals surface area (Å²) in [5, 5.41) is 10.6. The Labute approximate surface area is 182 Å². The second kappa shape index (κ2) is 8.85. The molecule has 3 aromatic carbocycles. The van der Waals surface area contributed by atoms with Crippen molar-refractivity contribution in [3.63, 3.8) is 0 Å². The van der Waals surface area contributed by atoms with E-state index in [0.717, 1.165) is 15.6 Å². The number of fused-ring (bicyclic) bond motifs is 1. The molecule has 4 rings (SSSR count). The van der Waals surface area contributed by atoms with Gasteiger partial charge in [0.2, 0.25) is 5.78 Å². The van der Waals surface area contributed by atoms with Crippen LogP contribution in [0.5, 0.6) is 17.2 Å². The summed E-state index contributed by atoms with van der Waals surface area (Å²) in [5.74, 6) is 0.545. The maximum atomic E-state index is 13.2. The number of ketones is 1. The van der Waals surface area contributed by atoms with Crippen molar-refractivity contribution in [2.45, 2.75) is 0 Å². The van der Waals surface area contributed by atoms with Crippen LogP contribution in [0, 0.1) is 0 Å². The van der Waals surface area contributed by atoms with E-state index in [1.807, 2.05) is 18.2 Å². The van der Waals surface area contributed by atoms with Crippen molar-refractivity contribution in [1.82, 2.24) is 0 Å². The molecule has 0 spiro atoms. The average Bonchev–Trinajstić information content (AvgIpc) is 3.15. The van der Waals surface area contributed by atoms with Gasteiger partial charge in [-0.1, -0.05) is 42.5 Å². The molecule has 0 bridgehead atoms. The average molecular weight is 430 g/mol. The molecular formula is C25H18O5S. The van der Waals surface area contributed by atoms with Gasteiger partial charge >= 0.3 is 5.97 Å². The normalized spacial score (nSPS) is 11.0. The van der Waals surface area contributed by atoms with Crippen LogP contribution in [-0.2, 0) is 9.53 Å². The van der Waals surface area contributed by atoms with Crippen LogP contribution in [0.15, 0.2) is 78.9 Å². The molecule has 0 aliphatic carbocycles. The fraction of sp³-hybridized carbons (Fsp3) is 0.0400. The lowest BCUT2D eigenvalue weighted by Gasteiger charge is -2.08. The molecule has 0 unspecified atom stereocenters. The quantitative estimate of drug-likeness (QED) is 0.237. The molecule has 1 heterocycles. The molecule has 0 saturated heterocycles. The number of carbonyl (C=O) groups excluding carboxylic acids is 2. The smallest absolute Gasteiger partial charge is 0.330 e. The third kappa shape index (κ3) is 4.49. The lowest BCUT2D eigenvalue weighted by molar-refractivity contribution is -0.134. The van der Waals surface area contributed by atoms with Gasteiger partial charge in [0.15, 0.2) is 5.75 Å². The predicted molar refractivity (Wildman–Crippen MR) is 121 cm³/mol. The largest absolute Gasteiger partial charge is 0.508 e. The molecule has 0 radical (unpaired) electrons. The number of hydrogen-bond donors (Lipinski definition) is 1. The fourth-order valence-electron chi connectivity index (χ4n) is 3.03. The highest BCUT2D eigenvalue weighted by molar-refractivity contribution is 7.21. The van der Waals surface area contributed by atoms with E-state index in [2.05, 4.69) is 4.74 Å². The number of ether oxygens (including phenoxy) is 2. The minimum absolute atomic E-state index is 0.126. The Hall–Kier alpha value is -3.90. The van der Waals surface area contributed by atoms with Crippen LogP contribution in [-0.4, -0.2) is 24.0 Å². The van der Waals surface area contributed by atoms with Crippen LogP contribution >= 0.6 is 11.3 Å². The SMILES string of the molecule is COC(=O)/C=C/c1ccc(Oc2c(C(=O)c3ccccc3)sc3cc(O)ccc23)cc1. The highest BCUT2D eigenvalue weighted by Crippen LogP contribution is 2.42. The van der Waals surface area contributed by atoms with Crippen molar-refractivity contribution < 1.29 is 24.2 Å². The summed E-state index contributed by atoms with van der Waals surface area (Å²) < 4.78 is 11.5. The van der Waals surface area contributed by atoms with Crippen molar-refractivity contribution in [3.8, 4) is 17.2 Å². The lowest BCUT2D eigenvalue weighted by Crippen LogP contribution is -2.00. The molecule has 0 fully saturated rings. The first kappa shape index (κ1) is 20.4. The van der Waals surface area contributed by atoms with Gasteiger partial charge in [0.05, 0.1) is 7.11 Å². The molecule has 0 aliphatic rings. The van der Waals surface area contributed by atoms with E-state index in [1.54, 1.807) is 60.7 Å². The van der Waals surface area contributed by atoms with Gasteiger partial charge < -0.3 is 14.6 Å². The van der Waals surface area contributed by atoms with Crippen LogP contribution in [0.2, 0.25) is 0 Å². The van der Waals surface area contributed by atoms with Gasteiger partial charge in [0.1, 0.15) is 16.4 Å². The zero-order valence-electron chi connectivity index (χ0n) is 16.6. The summed E-state index contributed by atoms with van der Waals surface area (Å²) in [7, 11) is 1.32. The molecule has 0 saturated carbocycles. The van der Waals surface area contributed by atoms with E-state index in [9.17, 15) is 14.7 Å². The summed E-state index contributed by atoms with van der Waals surface area (Å²) in [6, 6.07) is 21.1. The number of thiophene rings is 1. The number of carbonyl (C=O) groups is 2. The first-order valence-corrected chi connectivity index (χ1v) is 10.3. The number of phenols is 1. The molecule has 31 heavy (non-hydrogen) atoms. The van der Waals surface area contributed by atoms with E-state index >= 15 is 0 Å². The van der Waals surface area contributed by atoms with Crippen LogP contribution < -0.4 is 4.74 Å². The third-order valence-corrected chi connectivity index (χ3v) is 5.72. The Bertz CT molecular complexity index is 1270. The van der Waals surface area contributed by atoms with E-state index < -0.39 is 5.97 Å². The molecular weight excluding hydrogens is 412 g/mol. The lowest BCUT2D eigenvalue weighted by atomic mass is 10.1. The van der Waals surface area contributed by atoms with E-state index in [4.69, 9.17) is 4.74 Å². The number of hydrogen-bond acceptors (Lipinski definition) is 6. The molecule has 6 heteroatoms. The Morgan fingerprint density at radius 1 is 0.968 bits per heavy atom. The second-order valence-corrected chi connectivity index (χ2v) is 7.72. The molecule has 4 aromatic rings. The van der Waals surface area contributed by atoms with Gasteiger partial charge in [-0.25, -0.2) is 4.79 Å². The Morgan fingerprint density at radius 2 is 1.71 bits per heavy atom. The van der Waals surface area contributed by atoms with Crippen molar-refractivity contribution in [3.05, 3.63) is 94.9 Å². The number of benzene rings is 3. The molecule has 154 valence electrons. The molecule has 0 aliphatic heterocycles. The monoisotopic (exact) mass is 430 g/mol. The first-order valence-electron chi connectivity index (χ1n) is 9.44. The topological polar surface area (TPSA) is 72.8 Å². The molecule has 0 atom stereocenters. The van der Waals surface area contributed by atoms with Crippen LogP contribution in [0.3, 0.4) is 0 Å². The summed E-state index contributed by atoms with van der Waals surface area (Å²) >= 11 is 1.28. The van der Waals surface area contributed by atoms with Gasteiger partial charge in [-0.15, -0.1) is 11.3 Å². The van der Waals surface area contributed by atoms with Gasteiger partial charge in [0, 0.05) is 21.7 Å². The van der Waals surface area contributed by atoms with Gasteiger partial charge in [-0.05, 0) is 42.0 Å². The number of aromatic hydroxyl groups is 1. The number of rotatable bonds is 6. The van der Waals surface area contributed by atoms with E-state index in [-0.39, 0.29) is 11.5 Å².